The second-order valence-corrected chi connectivity index (χ2v) is 10.9. The van der Waals surface area contributed by atoms with Crippen LogP contribution >= 0.6 is 35.1 Å². The van der Waals surface area contributed by atoms with E-state index in [1.54, 1.807) is 17.9 Å². The molecular formula is C25H30ClFN2O2S2. The number of hydrogen-bond donors (Lipinski definition) is 1. The van der Waals surface area contributed by atoms with E-state index >= 15 is 0 Å². The number of halogens is 2. The highest BCUT2D eigenvalue weighted by molar-refractivity contribution is 8.01. The van der Waals surface area contributed by atoms with Crippen LogP contribution in [0.15, 0.2) is 47.4 Å². The molecule has 1 N–H and O–H groups in total. The summed E-state index contributed by atoms with van der Waals surface area (Å²) in [7, 11) is 0. The van der Waals surface area contributed by atoms with Gasteiger partial charge in [0.05, 0.1) is 18.2 Å². The number of unbranched alkanes of at least 4 members (excludes halogenated alkanes) is 1. The summed E-state index contributed by atoms with van der Waals surface area (Å²) in [5.74, 6) is 1.01. The Labute approximate surface area is 209 Å². The second-order valence-electron chi connectivity index (χ2n) is 8.07. The lowest BCUT2D eigenvalue weighted by Crippen LogP contribution is -2.47. The Hall–Kier alpha value is -1.70. The summed E-state index contributed by atoms with van der Waals surface area (Å²) in [6, 6.07) is 11.8. The number of anilines is 1. The summed E-state index contributed by atoms with van der Waals surface area (Å²) in [5, 5.41) is 2.73. The summed E-state index contributed by atoms with van der Waals surface area (Å²) in [6.45, 7) is 4.81. The third-order valence-electron chi connectivity index (χ3n) is 5.54. The van der Waals surface area contributed by atoms with Gasteiger partial charge in [0.2, 0.25) is 11.8 Å². The van der Waals surface area contributed by atoms with E-state index in [-0.39, 0.29) is 23.4 Å². The number of rotatable bonds is 11. The zero-order valence-electron chi connectivity index (χ0n) is 19.0. The lowest BCUT2D eigenvalue weighted by molar-refractivity contribution is -0.128. The largest absolute Gasteiger partial charge is 0.356 e. The summed E-state index contributed by atoms with van der Waals surface area (Å²) in [6.07, 6.45) is 3.33. The van der Waals surface area contributed by atoms with E-state index in [9.17, 15) is 14.0 Å². The van der Waals surface area contributed by atoms with E-state index in [0.29, 0.717) is 12.1 Å². The van der Waals surface area contributed by atoms with Crippen molar-refractivity contribution in [1.82, 2.24) is 5.32 Å². The average Bonchev–Trinajstić information content (AvgIpc) is 2.81. The highest BCUT2D eigenvalue weighted by Gasteiger charge is 2.39. The van der Waals surface area contributed by atoms with Crippen molar-refractivity contribution < 1.29 is 14.0 Å². The first-order chi connectivity index (χ1) is 15.9. The first-order valence-electron chi connectivity index (χ1n) is 11.3. The number of carbonyl (C=O) groups is 2. The fraction of sp³-hybridized carbons (Fsp3) is 0.440. The van der Waals surface area contributed by atoms with Crippen molar-refractivity contribution >= 4 is 52.6 Å². The van der Waals surface area contributed by atoms with Crippen LogP contribution in [0, 0.1) is 11.7 Å². The summed E-state index contributed by atoms with van der Waals surface area (Å²) in [5.41, 5.74) is 1.44. The molecular weight excluding hydrogens is 479 g/mol. The SMILES string of the molecule is CCCCSCCCNC(=O)C(C)C1Sc2ccccc2N(Cc2ccc(F)cc2Cl)C1=O. The van der Waals surface area contributed by atoms with Crippen LogP contribution in [0.1, 0.15) is 38.7 Å². The van der Waals surface area contributed by atoms with Gasteiger partial charge < -0.3 is 10.2 Å². The fourth-order valence-electron chi connectivity index (χ4n) is 3.57. The maximum Gasteiger partial charge on any atom is 0.241 e. The predicted octanol–water partition coefficient (Wildman–Crippen LogP) is 6.16. The van der Waals surface area contributed by atoms with E-state index < -0.39 is 17.0 Å². The zero-order valence-corrected chi connectivity index (χ0v) is 21.4. The molecule has 8 heteroatoms. The third kappa shape index (κ3) is 6.90. The van der Waals surface area contributed by atoms with Crippen LogP contribution in [0.3, 0.4) is 0 Å². The molecule has 0 saturated carbocycles. The van der Waals surface area contributed by atoms with Crippen LogP contribution in [-0.4, -0.2) is 35.1 Å². The molecule has 0 aromatic heterocycles. The number of amides is 2. The van der Waals surface area contributed by atoms with E-state index in [2.05, 4.69) is 12.2 Å². The molecule has 3 rings (SSSR count). The fourth-order valence-corrected chi connectivity index (χ4v) is 6.13. The lowest BCUT2D eigenvalue weighted by Gasteiger charge is -2.36. The number of para-hydroxylation sites is 1. The van der Waals surface area contributed by atoms with E-state index in [1.165, 1.54) is 36.7 Å². The van der Waals surface area contributed by atoms with Gasteiger partial charge >= 0.3 is 0 Å². The van der Waals surface area contributed by atoms with Crippen LogP contribution in [0.4, 0.5) is 10.1 Å². The number of nitrogens with zero attached hydrogens (tertiary/aromatic N) is 1. The van der Waals surface area contributed by atoms with E-state index in [1.807, 2.05) is 36.0 Å². The number of hydrogen-bond acceptors (Lipinski definition) is 4. The highest BCUT2D eigenvalue weighted by atomic mass is 35.5. The minimum absolute atomic E-state index is 0.112. The molecule has 4 nitrogen and oxygen atoms in total. The zero-order chi connectivity index (χ0) is 23.8. The average molecular weight is 509 g/mol. The van der Waals surface area contributed by atoms with Crippen LogP contribution in [-0.2, 0) is 16.1 Å². The van der Waals surface area contributed by atoms with Gasteiger partial charge in [-0.2, -0.15) is 11.8 Å². The monoisotopic (exact) mass is 508 g/mol. The Morgan fingerprint density at radius 3 is 2.76 bits per heavy atom. The number of fused-ring (bicyclic) bond motifs is 1. The van der Waals surface area contributed by atoms with Crippen molar-refractivity contribution in [1.29, 1.82) is 0 Å². The van der Waals surface area contributed by atoms with Crippen molar-refractivity contribution in [3.8, 4) is 0 Å². The second kappa shape index (κ2) is 12.7. The van der Waals surface area contributed by atoms with Crippen LogP contribution in [0.2, 0.25) is 5.02 Å². The van der Waals surface area contributed by atoms with Gasteiger partial charge in [-0.15, -0.1) is 11.8 Å². The van der Waals surface area contributed by atoms with E-state index in [0.717, 1.165) is 28.5 Å². The number of nitrogens with one attached hydrogen (secondary N) is 1. The minimum atomic E-state index is -0.543. The Kier molecular flexibility index (Phi) is 9.95. The molecule has 2 aromatic rings. The van der Waals surface area contributed by atoms with Gasteiger partial charge in [0.25, 0.3) is 0 Å². The lowest BCUT2D eigenvalue weighted by atomic mass is 10.0. The van der Waals surface area contributed by atoms with Gasteiger partial charge in [-0.3, -0.25) is 9.59 Å². The van der Waals surface area contributed by atoms with Gasteiger partial charge in [0.1, 0.15) is 11.1 Å². The highest BCUT2D eigenvalue weighted by Crippen LogP contribution is 2.42. The van der Waals surface area contributed by atoms with Gasteiger partial charge in [-0.1, -0.05) is 50.1 Å². The molecule has 2 unspecified atom stereocenters. The molecule has 2 amide bonds. The molecule has 1 aliphatic rings. The first kappa shape index (κ1) is 25.9. The van der Waals surface area contributed by atoms with Crippen molar-refractivity contribution in [2.75, 3.05) is 23.0 Å². The predicted molar refractivity (Wildman–Crippen MR) is 138 cm³/mol. The Bertz CT molecular complexity index is 975. The van der Waals surface area contributed by atoms with Crippen LogP contribution in [0.25, 0.3) is 0 Å². The Balaban J connectivity index is 1.68. The topological polar surface area (TPSA) is 49.4 Å². The molecule has 0 aliphatic carbocycles. The maximum absolute atomic E-state index is 13.5. The Morgan fingerprint density at radius 1 is 1.24 bits per heavy atom. The number of thioether (sulfide) groups is 2. The molecule has 0 bridgehead atoms. The molecule has 33 heavy (non-hydrogen) atoms. The molecule has 0 radical (unpaired) electrons. The molecule has 2 aromatic carbocycles. The number of carbonyl (C=O) groups excluding carboxylic acids is 2. The van der Waals surface area contributed by atoms with Crippen molar-refractivity contribution in [3.63, 3.8) is 0 Å². The first-order valence-corrected chi connectivity index (χ1v) is 13.7. The van der Waals surface area contributed by atoms with Gasteiger partial charge in [0.15, 0.2) is 0 Å². The van der Waals surface area contributed by atoms with Crippen molar-refractivity contribution in [2.24, 2.45) is 5.92 Å². The standard InChI is InChI=1S/C25H30ClFN2O2S2/c1-3-4-13-32-14-7-12-28-24(30)17(2)23-25(31)29(21-8-5-6-9-22(21)33-23)16-18-10-11-19(27)15-20(18)26/h5-6,8-11,15,17,23H,3-4,7,12-14,16H2,1-2H3,(H,28,30). The van der Waals surface area contributed by atoms with Crippen molar-refractivity contribution in [2.45, 2.75) is 49.8 Å². The smallest absolute Gasteiger partial charge is 0.241 e. The molecule has 0 saturated heterocycles. The van der Waals surface area contributed by atoms with Crippen LogP contribution < -0.4 is 10.2 Å². The van der Waals surface area contributed by atoms with Crippen molar-refractivity contribution in [3.05, 3.63) is 58.9 Å². The summed E-state index contributed by atoms with van der Waals surface area (Å²) >= 11 is 9.57. The normalized spacial score (nSPS) is 16.4. The van der Waals surface area contributed by atoms with Gasteiger partial charge in [0, 0.05) is 16.5 Å². The minimum Gasteiger partial charge on any atom is -0.356 e. The molecule has 0 spiro atoms. The summed E-state index contributed by atoms with van der Waals surface area (Å²) < 4.78 is 13.5. The van der Waals surface area contributed by atoms with E-state index in [4.69, 9.17) is 11.6 Å². The summed E-state index contributed by atoms with van der Waals surface area (Å²) in [4.78, 5) is 28.9. The van der Waals surface area contributed by atoms with Gasteiger partial charge in [-0.25, -0.2) is 4.39 Å². The van der Waals surface area contributed by atoms with Gasteiger partial charge in [-0.05, 0) is 54.2 Å². The van der Waals surface area contributed by atoms with Crippen LogP contribution in [0.5, 0.6) is 0 Å². The molecule has 1 aliphatic heterocycles. The molecule has 1 heterocycles. The number of benzene rings is 2. The quantitative estimate of drug-likeness (QED) is 0.369. The molecule has 2 atom stereocenters. The maximum atomic E-state index is 13.5. The Morgan fingerprint density at radius 2 is 2.00 bits per heavy atom. The molecule has 0 fully saturated rings. The molecule has 178 valence electrons. The third-order valence-corrected chi connectivity index (χ3v) is 8.51.